The number of carbonyl (C=O) groups excluding carboxylic acids is 1. The summed E-state index contributed by atoms with van der Waals surface area (Å²) in [5.41, 5.74) is 1.20. The van der Waals surface area contributed by atoms with Crippen molar-refractivity contribution < 1.29 is 19.0 Å². The van der Waals surface area contributed by atoms with Gasteiger partial charge in [0.05, 0.1) is 27.2 Å². The van der Waals surface area contributed by atoms with E-state index in [0.29, 0.717) is 55.2 Å². The van der Waals surface area contributed by atoms with Crippen molar-refractivity contribution >= 4 is 57.8 Å². The van der Waals surface area contributed by atoms with Gasteiger partial charge in [-0.25, -0.2) is 4.99 Å². The number of carbonyl (C=O) groups is 1. The number of amidine groups is 1. The molecule has 2 aliphatic rings. The number of hydrogen-bond donors (Lipinski definition) is 1. The van der Waals surface area contributed by atoms with Crippen LogP contribution in [0.3, 0.4) is 0 Å². The molecule has 2 aliphatic heterocycles. The highest BCUT2D eigenvalue weighted by molar-refractivity contribution is 8.18. The summed E-state index contributed by atoms with van der Waals surface area (Å²) < 4.78 is 16.5. The van der Waals surface area contributed by atoms with E-state index in [2.05, 4.69) is 10.3 Å². The summed E-state index contributed by atoms with van der Waals surface area (Å²) >= 11 is 13.4. The van der Waals surface area contributed by atoms with E-state index in [4.69, 9.17) is 37.4 Å². The number of aliphatic imine (C=N–C) groups is 1. The molecule has 1 fully saturated rings. The van der Waals surface area contributed by atoms with Crippen LogP contribution in [0.25, 0.3) is 6.08 Å². The average Bonchev–Trinajstić information content (AvgIpc) is 3.25. The van der Waals surface area contributed by atoms with Gasteiger partial charge >= 0.3 is 0 Å². The second kappa shape index (κ2) is 7.95. The molecule has 0 aromatic heterocycles. The van der Waals surface area contributed by atoms with Crippen molar-refractivity contribution in [2.45, 2.75) is 6.92 Å². The summed E-state index contributed by atoms with van der Waals surface area (Å²) in [5.74, 6) is 1.57. The number of halogens is 2. The predicted molar refractivity (Wildman–Crippen MR) is 111 cm³/mol. The molecule has 4 rings (SSSR count). The molecule has 0 atom stereocenters. The molecule has 0 aliphatic carbocycles. The maximum atomic E-state index is 12.4. The van der Waals surface area contributed by atoms with Crippen molar-refractivity contribution in [3.63, 3.8) is 0 Å². The highest BCUT2D eigenvalue weighted by Crippen LogP contribution is 2.40. The van der Waals surface area contributed by atoms with Crippen LogP contribution in [0.15, 0.2) is 40.2 Å². The van der Waals surface area contributed by atoms with Crippen molar-refractivity contribution in [2.24, 2.45) is 4.99 Å². The van der Waals surface area contributed by atoms with Crippen LogP contribution >= 0.6 is 35.0 Å². The lowest BCUT2D eigenvalue weighted by Gasteiger charge is -2.09. The van der Waals surface area contributed by atoms with Gasteiger partial charge in [0.2, 0.25) is 6.79 Å². The summed E-state index contributed by atoms with van der Waals surface area (Å²) in [5, 5.41) is 3.88. The average molecular weight is 437 g/mol. The summed E-state index contributed by atoms with van der Waals surface area (Å²) in [4.78, 5) is 17.3. The van der Waals surface area contributed by atoms with Gasteiger partial charge < -0.3 is 19.5 Å². The predicted octanol–water partition coefficient (Wildman–Crippen LogP) is 5.01. The van der Waals surface area contributed by atoms with E-state index >= 15 is 0 Å². The number of ether oxygens (including phenoxy) is 3. The van der Waals surface area contributed by atoms with E-state index in [0.717, 1.165) is 0 Å². The minimum Gasteiger partial charge on any atom is -0.493 e. The largest absolute Gasteiger partial charge is 0.493 e. The number of nitrogens with zero attached hydrogens (tertiary/aromatic N) is 1. The molecule has 1 N–H and O–H groups in total. The highest BCUT2D eigenvalue weighted by atomic mass is 35.5. The van der Waals surface area contributed by atoms with Gasteiger partial charge in [-0.15, -0.1) is 0 Å². The third kappa shape index (κ3) is 3.78. The number of thioether (sulfide) groups is 1. The number of benzene rings is 2. The van der Waals surface area contributed by atoms with Gasteiger partial charge in [0.1, 0.15) is 5.75 Å². The van der Waals surface area contributed by atoms with Crippen molar-refractivity contribution in [1.29, 1.82) is 0 Å². The first-order valence-corrected chi connectivity index (χ1v) is 9.92. The Kier molecular flexibility index (Phi) is 5.39. The monoisotopic (exact) mass is 436 g/mol. The Morgan fingerprint density at radius 2 is 2.07 bits per heavy atom. The van der Waals surface area contributed by atoms with E-state index in [1.54, 1.807) is 36.4 Å². The molecule has 2 aromatic carbocycles. The third-order valence-electron chi connectivity index (χ3n) is 3.90. The number of hydrogen-bond acceptors (Lipinski definition) is 6. The molecule has 9 heteroatoms. The fourth-order valence-corrected chi connectivity index (χ4v) is 3.81. The molecule has 1 saturated heterocycles. The molecule has 0 spiro atoms. The second-order valence-electron chi connectivity index (χ2n) is 5.73. The lowest BCUT2D eigenvalue weighted by molar-refractivity contribution is -0.115. The normalized spacial score (nSPS) is 18.0. The Morgan fingerprint density at radius 1 is 1.29 bits per heavy atom. The molecular formula is C19H14Cl2N2O4S. The van der Waals surface area contributed by atoms with Crippen LogP contribution in [-0.2, 0) is 4.79 Å². The SMILES string of the molecule is CCOc1cc2c(cc1/C=C1/SC(=Nc3cccc(Cl)c3Cl)NC1=O)OCO2. The quantitative estimate of drug-likeness (QED) is 0.681. The Morgan fingerprint density at radius 3 is 2.86 bits per heavy atom. The zero-order valence-corrected chi connectivity index (χ0v) is 17.0. The summed E-state index contributed by atoms with van der Waals surface area (Å²) in [7, 11) is 0. The molecule has 28 heavy (non-hydrogen) atoms. The van der Waals surface area contributed by atoms with Crippen LogP contribution < -0.4 is 19.5 Å². The van der Waals surface area contributed by atoms with Crippen LogP contribution in [0.1, 0.15) is 12.5 Å². The van der Waals surface area contributed by atoms with E-state index in [-0.39, 0.29) is 12.7 Å². The van der Waals surface area contributed by atoms with Crippen molar-refractivity contribution in [3.8, 4) is 17.2 Å². The summed E-state index contributed by atoms with van der Waals surface area (Å²) in [6.45, 7) is 2.53. The maximum Gasteiger partial charge on any atom is 0.264 e. The highest BCUT2D eigenvalue weighted by Gasteiger charge is 2.26. The number of nitrogens with one attached hydrogen (secondary N) is 1. The fourth-order valence-electron chi connectivity index (χ4n) is 2.64. The standard InChI is InChI=1S/C19H14Cl2N2O4S/c1-2-25-13-8-15-14(26-9-27-15)6-10(13)7-16-18(24)23-19(28-16)22-12-5-3-4-11(20)17(12)21/h3-8H,2,9H2,1H3,(H,22,23,24)/b16-7+. The molecule has 144 valence electrons. The molecule has 2 heterocycles. The van der Waals surface area contributed by atoms with E-state index in [9.17, 15) is 4.79 Å². The lowest BCUT2D eigenvalue weighted by Crippen LogP contribution is -2.19. The maximum absolute atomic E-state index is 12.4. The van der Waals surface area contributed by atoms with E-state index < -0.39 is 0 Å². The van der Waals surface area contributed by atoms with Gasteiger partial charge in [-0.1, -0.05) is 29.3 Å². The van der Waals surface area contributed by atoms with Gasteiger partial charge in [-0.2, -0.15) is 0 Å². The molecule has 0 radical (unpaired) electrons. The zero-order chi connectivity index (χ0) is 19.7. The summed E-state index contributed by atoms with van der Waals surface area (Å²) in [6.07, 6.45) is 1.73. The van der Waals surface area contributed by atoms with Crippen LogP contribution in [0.4, 0.5) is 5.69 Å². The number of amides is 1. The first kappa shape index (κ1) is 19.0. The molecule has 0 saturated carbocycles. The first-order valence-electron chi connectivity index (χ1n) is 8.35. The van der Waals surface area contributed by atoms with Gasteiger partial charge in [-0.05, 0) is 43.0 Å². The van der Waals surface area contributed by atoms with Crippen LogP contribution in [0.5, 0.6) is 17.2 Å². The number of fused-ring (bicyclic) bond motifs is 1. The zero-order valence-electron chi connectivity index (χ0n) is 14.6. The minimum atomic E-state index is -0.262. The molecule has 1 amide bonds. The van der Waals surface area contributed by atoms with Crippen LogP contribution in [0, 0.1) is 0 Å². The molecular weight excluding hydrogens is 423 g/mol. The van der Waals surface area contributed by atoms with Gasteiger partial charge in [-0.3, -0.25) is 4.79 Å². The molecule has 2 aromatic rings. The van der Waals surface area contributed by atoms with Gasteiger partial charge in [0.25, 0.3) is 5.91 Å². The summed E-state index contributed by atoms with van der Waals surface area (Å²) in [6, 6.07) is 8.69. The Balaban J connectivity index is 1.65. The Hall–Kier alpha value is -2.35. The first-order chi connectivity index (χ1) is 13.5. The van der Waals surface area contributed by atoms with Gasteiger partial charge in [0.15, 0.2) is 16.7 Å². The Bertz CT molecular complexity index is 1020. The fraction of sp³-hybridized carbons (Fsp3) is 0.158. The topological polar surface area (TPSA) is 69.2 Å². The van der Waals surface area contributed by atoms with Crippen LogP contribution in [-0.4, -0.2) is 24.5 Å². The molecule has 0 unspecified atom stereocenters. The molecule has 6 nitrogen and oxygen atoms in total. The van der Waals surface area contributed by atoms with Crippen molar-refractivity contribution in [1.82, 2.24) is 5.32 Å². The van der Waals surface area contributed by atoms with Crippen LogP contribution in [0.2, 0.25) is 10.0 Å². The van der Waals surface area contributed by atoms with Crippen molar-refractivity contribution in [2.75, 3.05) is 13.4 Å². The smallest absolute Gasteiger partial charge is 0.264 e. The molecule has 0 bridgehead atoms. The second-order valence-corrected chi connectivity index (χ2v) is 7.55. The van der Waals surface area contributed by atoms with E-state index in [1.807, 2.05) is 6.92 Å². The number of rotatable bonds is 4. The lowest BCUT2D eigenvalue weighted by atomic mass is 10.1. The van der Waals surface area contributed by atoms with E-state index in [1.165, 1.54) is 11.8 Å². The van der Waals surface area contributed by atoms with Gasteiger partial charge in [0, 0.05) is 11.6 Å². The minimum absolute atomic E-state index is 0.160. The Labute approximate surface area is 175 Å². The third-order valence-corrected chi connectivity index (χ3v) is 5.61. The van der Waals surface area contributed by atoms with Crippen molar-refractivity contribution in [3.05, 3.63) is 50.8 Å².